The van der Waals surface area contributed by atoms with Crippen molar-refractivity contribution in [3.8, 4) is 17.6 Å². The van der Waals surface area contributed by atoms with Gasteiger partial charge in [-0.15, -0.1) is 0 Å². The van der Waals surface area contributed by atoms with Gasteiger partial charge in [0.1, 0.15) is 6.61 Å². The molecule has 2 fully saturated rings. The van der Waals surface area contributed by atoms with E-state index in [4.69, 9.17) is 9.47 Å². The zero-order valence-electron chi connectivity index (χ0n) is 16.8. The molecule has 2 saturated carbocycles. The van der Waals surface area contributed by atoms with Gasteiger partial charge in [-0.3, -0.25) is 0 Å². The van der Waals surface area contributed by atoms with Crippen LogP contribution in [-0.2, 0) is 14.9 Å². The van der Waals surface area contributed by atoms with Gasteiger partial charge in [-0.2, -0.15) is 0 Å². The normalized spacial score (nSPS) is 19.0. The molecule has 0 N–H and O–H groups in total. The number of carbonyl (C=O) groups excluding carboxylic acids is 1. The van der Waals surface area contributed by atoms with Crippen molar-refractivity contribution in [1.82, 2.24) is 0 Å². The first-order valence-electron chi connectivity index (χ1n) is 10.4. The summed E-state index contributed by atoms with van der Waals surface area (Å²) in [5.74, 6) is 4.62. The fourth-order valence-corrected chi connectivity index (χ4v) is 4.21. The minimum absolute atomic E-state index is 0.0167. The Morgan fingerprint density at radius 2 is 1.87 bits per heavy atom. The summed E-state index contributed by atoms with van der Waals surface area (Å²) in [6.45, 7) is -0.560. The largest absolute Gasteiger partial charge is 0.748 e. The molecule has 3 rings (SSSR count). The van der Waals surface area contributed by atoms with Crippen LogP contribution in [-0.4, -0.2) is 36.9 Å². The first-order chi connectivity index (χ1) is 14.3. The van der Waals surface area contributed by atoms with Gasteiger partial charge in [-0.05, 0) is 56.7 Å². The number of benzene rings is 1. The van der Waals surface area contributed by atoms with E-state index < -0.39 is 39.9 Å². The average Bonchev–Trinajstić information content (AvgIpc) is 3.17. The standard InChI is InChI=1S/C22H27FO6S/c23-19-9-8-18(21(24)28-14-15-30(25,26)27)16-20(19)29-22(11-4-5-12-22)13-10-17-6-2-1-3-7-17/h8-9,16-17H,1-7,11-12,14-15H2,(H,25,26,27)/p-1. The fraction of sp³-hybridized carbons (Fsp3) is 0.591. The first-order valence-corrected chi connectivity index (χ1v) is 12.0. The predicted molar refractivity (Wildman–Crippen MR) is 107 cm³/mol. The van der Waals surface area contributed by atoms with Gasteiger partial charge in [0.2, 0.25) is 0 Å². The van der Waals surface area contributed by atoms with Gasteiger partial charge >= 0.3 is 5.97 Å². The Balaban J connectivity index is 1.73. The van der Waals surface area contributed by atoms with Crippen LogP contribution in [0.1, 0.15) is 68.1 Å². The molecule has 0 aliphatic heterocycles. The molecule has 1 aromatic rings. The van der Waals surface area contributed by atoms with Gasteiger partial charge in [-0.25, -0.2) is 17.6 Å². The second-order valence-electron chi connectivity index (χ2n) is 7.95. The van der Waals surface area contributed by atoms with Crippen LogP contribution in [0, 0.1) is 23.6 Å². The molecule has 0 heterocycles. The zero-order valence-corrected chi connectivity index (χ0v) is 17.6. The van der Waals surface area contributed by atoms with Crippen LogP contribution in [0.15, 0.2) is 18.2 Å². The Kier molecular flexibility index (Phi) is 7.37. The lowest BCUT2D eigenvalue weighted by molar-refractivity contribution is 0.0526. The Labute approximate surface area is 176 Å². The quantitative estimate of drug-likeness (QED) is 0.382. The van der Waals surface area contributed by atoms with Crippen LogP contribution < -0.4 is 4.74 Å². The SMILES string of the molecule is O=C(OCCS(=O)(=O)[O-])c1ccc(F)c(OC2(C#CC3CCCCC3)CCCC2)c1. The van der Waals surface area contributed by atoms with Crippen molar-refractivity contribution in [3.63, 3.8) is 0 Å². The minimum atomic E-state index is -4.48. The second-order valence-corrected chi connectivity index (χ2v) is 9.47. The van der Waals surface area contributed by atoms with Crippen LogP contribution in [0.4, 0.5) is 4.39 Å². The summed E-state index contributed by atoms with van der Waals surface area (Å²) in [7, 11) is -4.48. The average molecular weight is 438 g/mol. The van der Waals surface area contributed by atoms with Crippen molar-refractivity contribution in [2.45, 2.75) is 63.4 Å². The van der Waals surface area contributed by atoms with Gasteiger partial charge in [0.05, 0.1) is 21.4 Å². The molecule has 0 radical (unpaired) electrons. The topological polar surface area (TPSA) is 92.7 Å². The molecule has 2 aliphatic carbocycles. The smallest absolute Gasteiger partial charge is 0.338 e. The molecule has 0 unspecified atom stereocenters. The molecule has 0 atom stereocenters. The minimum Gasteiger partial charge on any atom is -0.748 e. The summed E-state index contributed by atoms with van der Waals surface area (Å²) in [5, 5.41) is 0. The third-order valence-corrected chi connectivity index (χ3v) is 6.23. The summed E-state index contributed by atoms with van der Waals surface area (Å²) >= 11 is 0. The lowest BCUT2D eigenvalue weighted by atomic mass is 9.89. The maximum Gasteiger partial charge on any atom is 0.338 e. The van der Waals surface area contributed by atoms with Crippen molar-refractivity contribution in [2.24, 2.45) is 5.92 Å². The molecular formula is C22H26FO6S-. The van der Waals surface area contributed by atoms with Crippen molar-refractivity contribution >= 4 is 16.1 Å². The molecular weight excluding hydrogens is 411 g/mol. The van der Waals surface area contributed by atoms with Gasteiger partial charge in [-0.1, -0.05) is 31.1 Å². The molecule has 0 amide bonds. The van der Waals surface area contributed by atoms with Gasteiger partial charge in [0.25, 0.3) is 0 Å². The molecule has 2 aliphatic rings. The summed E-state index contributed by atoms with van der Waals surface area (Å²) < 4.78 is 57.1. The van der Waals surface area contributed by atoms with E-state index in [-0.39, 0.29) is 11.3 Å². The molecule has 0 aromatic heterocycles. The highest BCUT2D eigenvalue weighted by Gasteiger charge is 2.35. The number of ether oxygens (including phenoxy) is 2. The van der Waals surface area contributed by atoms with E-state index in [9.17, 15) is 22.2 Å². The first kappa shape index (κ1) is 22.6. The van der Waals surface area contributed by atoms with E-state index in [1.165, 1.54) is 31.4 Å². The summed E-state index contributed by atoms with van der Waals surface area (Å²) in [6.07, 6.45) is 9.03. The second kappa shape index (κ2) is 9.80. The third-order valence-electron chi connectivity index (χ3n) is 5.56. The number of rotatable bonds is 6. The van der Waals surface area contributed by atoms with E-state index >= 15 is 0 Å². The summed E-state index contributed by atoms with van der Waals surface area (Å²) in [5.41, 5.74) is -0.750. The molecule has 0 saturated heterocycles. The highest BCUT2D eigenvalue weighted by atomic mass is 32.2. The Morgan fingerprint density at radius 3 is 2.53 bits per heavy atom. The summed E-state index contributed by atoms with van der Waals surface area (Å²) in [4.78, 5) is 12.1. The van der Waals surface area contributed by atoms with Crippen LogP contribution in [0.5, 0.6) is 5.75 Å². The van der Waals surface area contributed by atoms with Crippen LogP contribution in [0.25, 0.3) is 0 Å². The van der Waals surface area contributed by atoms with Crippen molar-refractivity contribution in [3.05, 3.63) is 29.6 Å². The molecule has 8 heteroatoms. The molecule has 30 heavy (non-hydrogen) atoms. The number of esters is 1. The van der Waals surface area contributed by atoms with E-state index in [0.717, 1.165) is 31.7 Å². The lowest BCUT2D eigenvalue weighted by Gasteiger charge is -2.26. The van der Waals surface area contributed by atoms with Gasteiger partial charge in [0, 0.05) is 5.92 Å². The highest BCUT2D eigenvalue weighted by molar-refractivity contribution is 7.85. The molecule has 1 aromatic carbocycles. The van der Waals surface area contributed by atoms with Gasteiger partial charge in [0.15, 0.2) is 17.2 Å². The van der Waals surface area contributed by atoms with Crippen LogP contribution in [0.3, 0.4) is 0 Å². The number of halogens is 1. The molecule has 164 valence electrons. The Bertz CT molecular complexity index is 919. The zero-order chi connectivity index (χ0) is 21.6. The maximum atomic E-state index is 14.4. The van der Waals surface area contributed by atoms with E-state index in [2.05, 4.69) is 11.8 Å². The Morgan fingerprint density at radius 1 is 1.17 bits per heavy atom. The highest BCUT2D eigenvalue weighted by Crippen LogP contribution is 2.36. The lowest BCUT2D eigenvalue weighted by Crippen LogP contribution is -2.31. The number of carbonyl (C=O) groups is 1. The number of hydrogen-bond acceptors (Lipinski definition) is 6. The molecule has 0 bridgehead atoms. The van der Waals surface area contributed by atoms with Crippen molar-refractivity contribution in [2.75, 3.05) is 12.4 Å². The monoisotopic (exact) mass is 437 g/mol. The van der Waals surface area contributed by atoms with Gasteiger partial charge < -0.3 is 14.0 Å². The van der Waals surface area contributed by atoms with E-state index in [1.807, 2.05) is 0 Å². The van der Waals surface area contributed by atoms with Crippen LogP contribution >= 0.6 is 0 Å². The predicted octanol–water partition coefficient (Wildman–Crippen LogP) is 3.80. The number of hydrogen-bond donors (Lipinski definition) is 0. The maximum absolute atomic E-state index is 14.4. The van der Waals surface area contributed by atoms with Crippen molar-refractivity contribution < 1.29 is 31.6 Å². The molecule has 6 nitrogen and oxygen atoms in total. The molecule has 0 spiro atoms. The van der Waals surface area contributed by atoms with Crippen LogP contribution in [0.2, 0.25) is 0 Å². The Hall–Kier alpha value is -2.11. The van der Waals surface area contributed by atoms with Crippen molar-refractivity contribution in [1.29, 1.82) is 0 Å². The third kappa shape index (κ3) is 6.44. The van der Waals surface area contributed by atoms with E-state index in [0.29, 0.717) is 18.8 Å². The van der Waals surface area contributed by atoms with E-state index in [1.54, 1.807) is 0 Å². The summed E-state index contributed by atoms with van der Waals surface area (Å²) in [6, 6.07) is 3.57. The fourth-order valence-electron chi connectivity index (χ4n) is 3.92.